The van der Waals surface area contributed by atoms with Crippen LogP contribution in [0.25, 0.3) is 11.6 Å². The number of hydrogen-bond acceptors (Lipinski definition) is 2. The second-order valence-electron chi connectivity index (χ2n) is 11.5. The van der Waals surface area contributed by atoms with Gasteiger partial charge in [-0.2, -0.15) is 0 Å². The van der Waals surface area contributed by atoms with E-state index in [1.165, 1.54) is 61.5 Å². The van der Waals surface area contributed by atoms with Gasteiger partial charge in [-0.1, -0.05) is 84.7 Å². The molecule has 0 aliphatic heterocycles. The Hall–Kier alpha value is -2.35. The first-order valence-electron chi connectivity index (χ1n) is 13.1. The van der Waals surface area contributed by atoms with Crippen molar-refractivity contribution in [3.8, 4) is 0 Å². The maximum atomic E-state index is 11.8. The number of fused-ring (bicyclic) bond motifs is 1. The van der Waals surface area contributed by atoms with Gasteiger partial charge in [-0.05, 0) is 94.9 Å². The number of rotatable bonds is 8. The molecule has 184 valence electrons. The summed E-state index contributed by atoms with van der Waals surface area (Å²) in [5.41, 5.74) is 9.30. The molecule has 0 N–H and O–H groups in total. The molecule has 3 rings (SSSR count). The predicted molar refractivity (Wildman–Crippen MR) is 145 cm³/mol. The smallest absolute Gasteiger partial charge is 0.337 e. The summed E-state index contributed by atoms with van der Waals surface area (Å²) in [6.45, 7) is 16.5. The SMILES string of the molecule is CCC(CC)CCc1cc2c(cc1/C(C)=C/c1ccc(C(=O)OC)cc1)C(C)(C)CCC2(C)C. The molecule has 0 atom stereocenters. The van der Waals surface area contributed by atoms with Crippen LogP contribution in [0.15, 0.2) is 36.4 Å². The van der Waals surface area contributed by atoms with Gasteiger partial charge in [0.1, 0.15) is 0 Å². The summed E-state index contributed by atoms with van der Waals surface area (Å²) in [6.07, 6.45) is 9.57. The van der Waals surface area contributed by atoms with Crippen LogP contribution < -0.4 is 0 Å². The van der Waals surface area contributed by atoms with Gasteiger partial charge in [0.25, 0.3) is 0 Å². The Morgan fingerprint density at radius 3 is 2.06 bits per heavy atom. The lowest BCUT2D eigenvalue weighted by atomic mass is 9.62. The van der Waals surface area contributed by atoms with Crippen LogP contribution in [0.5, 0.6) is 0 Å². The summed E-state index contributed by atoms with van der Waals surface area (Å²) in [4.78, 5) is 11.8. The van der Waals surface area contributed by atoms with Gasteiger partial charge in [0, 0.05) is 0 Å². The van der Waals surface area contributed by atoms with Crippen LogP contribution in [0, 0.1) is 5.92 Å². The van der Waals surface area contributed by atoms with E-state index in [0.29, 0.717) is 5.56 Å². The standard InChI is InChI=1S/C32H44O2/c1-9-23(10-2)11-16-26-20-28-29(32(6,7)18-17-31(28,4)5)21-27(26)22(3)19-24-12-14-25(15-13-24)30(33)34-8/h12-15,19-21,23H,9-11,16-18H2,1-8H3/b22-19+. The Kier molecular flexibility index (Phi) is 8.11. The Labute approximate surface area is 207 Å². The minimum atomic E-state index is -0.296. The fraction of sp³-hybridized carbons (Fsp3) is 0.531. The van der Waals surface area contributed by atoms with Crippen LogP contribution in [0.2, 0.25) is 0 Å². The number of aryl methyl sites for hydroxylation is 1. The highest BCUT2D eigenvalue weighted by atomic mass is 16.5. The fourth-order valence-electron chi connectivity index (χ4n) is 5.45. The highest BCUT2D eigenvalue weighted by Gasteiger charge is 2.37. The van der Waals surface area contributed by atoms with Crippen LogP contribution in [0.3, 0.4) is 0 Å². The zero-order valence-electron chi connectivity index (χ0n) is 22.7. The zero-order chi connectivity index (χ0) is 25.1. The highest BCUT2D eigenvalue weighted by molar-refractivity contribution is 5.90. The summed E-state index contributed by atoms with van der Waals surface area (Å²) in [7, 11) is 1.42. The average molecular weight is 461 g/mol. The molecule has 2 aromatic rings. The molecule has 1 aliphatic rings. The summed E-state index contributed by atoms with van der Waals surface area (Å²) in [6, 6.07) is 12.8. The van der Waals surface area contributed by atoms with Gasteiger partial charge in [0.15, 0.2) is 0 Å². The zero-order valence-corrected chi connectivity index (χ0v) is 22.7. The predicted octanol–water partition coefficient (Wildman–Crippen LogP) is 8.75. The van der Waals surface area contributed by atoms with Crippen molar-refractivity contribution >= 4 is 17.6 Å². The average Bonchev–Trinajstić information content (AvgIpc) is 2.82. The number of carbonyl (C=O) groups excluding carboxylic acids is 1. The van der Waals surface area contributed by atoms with E-state index >= 15 is 0 Å². The molecule has 2 aromatic carbocycles. The Morgan fingerprint density at radius 1 is 0.971 bits per heavy atom. The molecule has 0 aromatic heterocycles. The molecule has 0 saturated carbocycles. The first-order chi connectivity index (χ1) is 16.0. The number of methoxy groups -OCH3 is 1. The summed E-state index contributed by atoms with van der Waals surface area (Å²) >= 11 is 0. The molecule has 0 radical (unpaired) electrons. The second kappa shape index (κ2) is 10.5. The second-order valence-corrected chi connectivity index (χ2v) is 11.5. The third-order valence-electron chi connectivity index (χ3n) is 8.19. The van der Waals surface area contributed by atoms with Gasteiger partial charge in [0.05, 0.1) is 12.7 Å². The van der Waals surface area contributed by atoms with Crippen molar-refractivity contribution in [2.75, 3.05) is 7.11 Å². The Bertz CT molecular complexity index is 1030. The van der Waals surface area contributed by atoms with E-state index in [0.717, 1.165) is 17.9 Å². The Morgan fingerprint density at radius 2 is 1.53 bits per heavy atom. The van der Waals surface area contributed by atoms with Gasteiger partial charge in [-0.15, -0.1) is 0 Å². The molecule has 0 amide bonds. The monoisotopic (exact) mass is 460 g/mol. The van der Waals surface area contributed by atoms with Crippen molar-refractivity contribution in [1.82, 2.24) is 0 Å². The normalized spacial score (nSPS) is 16.9. The lowest BCUT2D eigenvalue weighted by Gasteiger charge is -2.42. The van der Waals surface area contributed by atoms with Crippen molar-refractivity contribution in [3.05, 3.63) is 69.8 Å². The van der Waals surface area contributed by atoms with E-state index in [1.807, 2.05) is 24.3 Å². The topological polar surface area (TPSA) is 26.3 Å². The molecule has 1 aliphatic carbocycles. The van der Waals surface area contributed by atoms with E-state index < -0.39 is 0 Å². The molecule has 0 heterocycles. The number of allylic oxidation sites excluding steroid dienone is 1. The first kappa shape index (κ1) is 26.3. The van der Waals surface area contributed by atoms with Gasteiger partial charge >= 0.3 is 5.97 Å². The lowest BCUT2D eigenvalue weighted by Crippen LogP contribution is -2.34. The lowest BCUT2D eigenvalue weighted by molar-refractivity contribution is 0.0600. The van der Waals surface area contributed by atoms with Crippen molar-refractivity contribution < 1.29 is 9.53 Å². The van der Waals surface area contributed by atoms with E-state index in [1.54, 1.807) is 5.56 Å². The van der Waals surface area contributed by atoms with E-state index in [2.05, 4.69) is 66.7 Å². The molecule has 0 fully saturated rings. The van der Waals surface area contributed by atoms with Crippen LogP contribution in [-0.4, -0.2) is 13.1 Å². The molecule has 2 nitrogen and oxygen atoms in total. The quantitative estimate of drug-likeness (QED) is 0.291. The van der Waals surface area contributed by atoms with Crippen molar-refractivity contribution in [2.45, 2.75) is 97.8 Å². The van der Waals surface area contributed by atoms with E-state index in [4.69, 9.17) is 4.74 Å². The fourth-order valence-corrected chi connectivity index (χ4v) is 5.45. The molecule has 0 unspecified atom stereocenters. The highest BCUT2D eigenvalue weighted by Crippen LogP contribution is 2.47. The largest absolute Gasteiger partial charge is 0.465 e. The third-order valence-corrected chi connectivity index (χ3v) is 8.19. The molecular weight excluding hydrogens is 416 g/mol. The van der Waals surface area contributed by atoms with Crippen molar-refractivity contribution in [3.63, 3.8) is 0 Å². The third kappa shape index (κ3) is 5.65. The van der Waals surface area contributed by atoms with Gasteiger partial charge in [-0.25, -0.2) is 4.79 Å². The van der Waals surface area contributed by atoms with Crippen LogP contribution in [0.4, 0.5) is 0 Å². The molecule has 0 bridgehead atoms. The van der Waals surface area contributed by atoms with Crippen LogP contribution >= 0.6 is 0 Å². The molecule has 0 spiro atoms. The Balaban J connectivity index is 2.07. The molecule has 2 heteroatoms. The van der Waals surface area contributed by atoms with Gasteiger partial charge < -0.3 is 4.74 Å². The number of carbonyl (C=O) groups is 1. The van der Waals surface area contributed by atoms with Crippen molar-refractivity contribution in [2.24, 2.45) is 5.92 Å². The van der Waals surface area contributed by atoms with E-state index in [-0.39, 0.29) is 16.8 Å². The molecule has 0 saturated heterocycles. The summed E-state index contributed by atoms with van der Waals surface area (Å²) in [5, 5.41) is 0. The number of esters is 1. The molecular formula is C32H44O2. The molecule has 34 heavy (non-hydrogen) atoms. The van der Waals surface area contributed by atoms with Crippen LogP contribution in [0.1, 0.15) is 119 Å². The van der Waals surface area contributed by atoms with E-state index in [9.17, 15) is 4.79 Å². The van der Waals surface area contributed by atoms with Crippen LogP contribution in [-0.2, 0) is 22.0 Å². The minimum Gasteiger partial charge on any atom is -0.465 e. The number of benzene rings is 2. The van der Waals surface area contributed by atoms with Gasteiger partial charge in [-0.3, -0.25) is 0 Å². The number of ether oxygens (including phenoxy) is 1. The maximum Gasteiger partial charge on any atom is 0.337 e. The maximum absolute atomic E-state index is 11.8. The first-order valence-corrected chi connectivity index (χ1v) is 13.1. The minimum absolute atomic E-state index is 0.190. The summed E-state index contributed by atoms with van der Waals surface area (Å²) in [5.74, 6) is 0.485. The summed E-state index contributed by atoms with van der Waals surface area (Å²) < 4.78 is 4.84. The van der Waals surface area contributed by atoms with Crippen molar-refractivity contribution in [1.29, 1.82) is 0 Å². The van der Waals surface area contributed by atoms with Gasteiger partial charge in [0.2, 0.25) is 0 Å². The number of hydrogen-bond donors (Lipinski definition) is 0.